The number of ether oxygens (including phenoxy) is 1. The minimum absolute atomic E-state index is 0.0949. The molecule has 1 amide bonds. The standard InChI is InChI=1S/C17H28BrN3O2/c1-10-7-13(8-11(2)15(10)18)21-14(9-19)12(3)20-16(22)23-17(4,5)6/h7-8,12,14,21H,9,19H2,1-6H3,(H,20,22). The molecule has 23 heavy (non-hydrogen) atoms. The van der Waals surface area contributed by atoms with Crippen molar-refractivity contribution in [3.63, 3.8) is 0 Å². The number of halogens is 1. The van der Waals surface area contributed by atoms with Crippen LogP contribution < -0.4 is 16.4 Å². The van der Waals surface area contributed by atoms with E-state index in [0.29, 0.717) is 6.54 Å². The Labute approximate surface area is 147 Å². The molecule has 4 N–H and O–H groups in total. The summed E-state index contributed by atoms with van der Waals surface area (Å²) in [6.07, 6.45) is -0.437. The highest BCUT2D eigenvalue weighted by Gasteiger charge is 2.22. The maximum absolute atomic E-state index is 11.9. The summed E-state index contributed by atoms with van der Waals surface area (Å²) >= 11 is 3.56. The van der Waals surface area contributed by atoms with E-state index in [4.69, 9.17) is 10.5 Å². The number of aryl methyl sites for hydroxylation is 2. The zero-order valence-electron chi connectivity index (χ0n) is 14.8. The average Bonchev–Trinajstić information content (AvgIpc) is 2.39. The van der Waals surface area contributed by atoms with E-state index >= 15 is 0 Å². The van der Waals surface area contributed by atoms with E-state index in [1.54, 1.807) is 0 Å². The molecule has 0 saturated carbocycles. The molecule has 0 heterocycles. The second kappa shape index (κ2) is 8.02. The molecule has 2 atom stereocenters. The second-order valence-corrected chi connectivity index (χ2v) is 7.64. The van der Waals surface area contributed by atoms with E-state index < -0.39 is 11.7 Å². The highest BCUT2D eigenvalue weighted by molar-refractivity contribution is 9.10. The number of carbonyl (C=O) groups excluding carboxylic acids is 1. The van der Waals surface area contributed by atoms with Gasteiger partial charge in [0.2, 0.25) is 0 Å². The molecule has 0 saturated heterocycles. The maximum Gasteiger partial charge on any atom is 0.407 e. The van der Waals surface area contributed by atoms with Gasteiger partial charge in [-0.05, 0) is 64.8 Å². The molecule has 0 aliphatic carbocycles. The smallest absolute Gasteiger partial charge is 0.407 e. The van der Waals surface area contributed by atoms with Crippen molar-refractivity contribution in [1.82, 2.24) is 5.32 Å². The molecule has 0 aromatic heterocycles. The van der Waals surface area contributed by atoms with E-state index in [1.807, 2.05) is 41.5 Å². The number of rotatable bonds is 5. The van der Waals surface area contributed by atoms with Crippen LogP contribution in [0, 0.1) is 13.8 Å². The lowest BCUT2D eigenvalue weighted by molar-refractivity contribution is 0.0504. The first-order chi connectivity index (χ1) is 10.5. The summed E-state index contributed by atoms with van der Waals surface area (Å²) < 4.78 is 6.39. The highest BCUT2D eigenvalue weighted by Crippen LogP contribution is 2.25. The molecule has 0 radical (unpaired) electrons. The molecule has 0 spiro atoms. The number of hydrogen-bond acceptors (Lipinski definition) is 4. The van der Waals surface area contributed by atoms with E-state index in [0.717, 1.165) is 21.3 Å². The number of nitrogens with two attached hydrogens (primary N) is 1. The third kappa shape index (κ3) is 6.39. The van der Waals surface area contributed by atoms with Crippen molar-refractivity contribution >= 4 is 27.7 Å². The quantitative estimate of drug-likeness (QED) is 0.721. The molecule has 0 bridgehead atoms. The third-order valence-electron chi connectivity index (χ3n) is 3.39. The summed E-state index contributed by atoms with van der Waals surface area (Å²) in [6, 6.07) is 3.85. The SMILES string of the molecule is Cc1cc(NC(CN)C(C)NC(=O)OC(C)(C)C)cc(C)c1Br. The Kier molecular flexibility index (Phi) is 6.89. The van der Waals surface area contributed by atoms with Gasteiger partial charge in [0.1, 0.15) is 5.60 Å². The summed E-state index contributed by atoms with van der Waals surface area (Å²) in [4.78, 5) is 11.9. The topological polar surface area (TPSA) is 76.4 Å². The van der Waals surface area contributed by atoms with Crippen LogP contribution in [0.25, 0.3) is 0 Å². The Morgan fingerprint density at radius 3 is 2.26 bits per heavy atom. The molecule has 1 aromatic carbocycles. The first-order valence-electron chi connectivity index (χ1n) is 7.76. The third-order valence-corrected chi connectivity index (χ3v) is 4.64. The number of nitrogens with one attached hydrogen (secondary N) is 2. The molecule has 0 aliphatic heterocycles. The van der Waals surface area contributed by atoms with Gasteiger partial charge in [-0.3, -0.25) is 0 Å². The van der Waals surface area contributed by atoms with Crippen molar-refractivity contribution in [2.45, 2.75) is 59.2 Å². The number of amides is 1. The molecule has 6 heteroatoms. The van der Waals surface area contributed by atoms with Crippen LogP contribution in [0.2, 0.25) is 0 Å². The molecule has 0 aliphatic rings. The van der Waals surface area contributed by atoms with Crippen LogP contribution in [0.15, 0.2) is 16.6 Å². The fourth-order valence-corrected chi connectivity index (χ4v) is 2.45. The maximum atomic E-state index is 11.9. The summed E-state index contributed by atoms with van der Waals surface area (Å²) in [5.74, 6) is 0. The van der Waals surface area contributed by atoms with Crippen molar-refractivity contribution in [2.24, 2.45) is 5.73 Å². The van der Waals surface area contributed by atoms with Crippen LogP contribution in [0.5, 0.6) is 0 Å². The van der Waals surface area contributed by atoms with Gasteiger partial charge in [0.05, 0.1) is 12.1 Å². The fourth-order valence-electron chi connectivity index (χ4n) is 2.23. The normalized spacial score (nSPS) is 14.1. The van der Waals surface area contributed by atoms with Crippen LogP contribution in [-0.2, 0) is 4.74 Å². The molecular weight excluding hydrogens is 358 g/mol. The predicted molar refractivity (Wildman–Crippen MR) is 98.9 cm³/mol. The minimum atomic E-state index is -0.518. The fraction of sp³-hybridized carbons (Fsp3) is 0.588. The molecule has 1 aromatic rings. The van der Waals surface area contributed by atoms with Gasteiger partial charge in [-0.25, -0.2) is 4.79 Å². The summed E-state index contributed by atoms with van der Waals surface area (Å²) in [5.41, 5.74) is 8.63. The Balaban J connectivity index is 2.75. The van der Waals surface area contributed by atoms with Crippen LogP contribution in [0.4, 0.5) is 10.5 Å². The molecule has 0 fully saturated rings. The Hall–Kier alpha value is -1.27. The highest BCUT2D eigenvalue weighted by atomic mass is 79.9. The summed E-state index contributed by atoms with van der Waals surface area (Å²) in [6.45, 7) is 11.9. The zero-order valence-corrected chi connectivity index (χ0v) is 16.4. The number of carbonyl (C=O) groups is 1. The van der Waals surface area contributed by atoms with Crippen molar-refractivity contribution in [3.05, 3.63) is 27.7 Å². The van der Waals surface area contributed by atoms with Gasteiger partial charge in [0.25, 0.3) is 0 Å². The lowest BCUT2D eigenvalue weighted by Gasteiger charge is -2.28. The molecule has 1 rings (SSSR count). The van der Waals surface area contributed by atoms with Gasteiger partial charge in [-0.15, -0.1) is 0 Å². The predicted octanol–water partition coefficient (Wildman–Crippen LogP) is 3.72. The van der Waals surface area contributed by atoms with E-state index in [9.17, 15) is 4.79 Å². The molecule has 5 nitrogen and oxygen atoms in total. The van der Waals surface area contributed by atoms with Gasteiger partial charge in [0.15, 0.2) is 0 Å². The first-order valence-corrected chi connectivity index (χ1v) is 8.55. The minimum Gasteiger partial charge on any atom is -0.444 e. The Bertz CT molecular complexity index is 532. The Morgan fingerprint density at radius 1 is 1.30 bits per heavy atom. The largest absolute Gasteiger partial charge is 0.444 e. The van der Waals surface area contributed by atoms with Crippen molar-refractivity contribution < 1.29 is 9.53 Å². The number of alkyl carbamates (subject to hydrolysis) is 1. The number of hydrogen-bond donors (Lipinski definition) is 3. The van der Waals surface area contributed by atoms with Crippen molar-refractivity contribution in [3.8, 4) is 0 Å². The summed E-state index contributed by atoms with van der Waals surface area (Å²) in [5, 5.41) is 6.22. The first kappa shape index (κ1) is 19.8. The Morgan fingerprint density at radius 2 is 1.83 bits per heavy atom. The lowest BCUT2D eigenvalue weighted by Crippen LogP contribution is -2.49. The van der Waals surface area contributed by atoms with Crippen LogP contribution >= 0.6 is 15.9 Å². The van der Waals surface area contributed by atoms with Gasteiger partial charge >= 0.3 is 6.09 Å². The van der Waals surface area contributed by atoms with Crippen molar-refractivity contribution in [2.75, 3.05) is 11.9 Å². The molecular formula is C17H28BrN3O2. The second-order valence-electron chi connectivity index (χ2n) is 6.85. The molecule has 2 unspecified atom stereocenters. The number of anilines is 1. The van der Waals surface area contributed by atoms with Crippen LogP contribution in [0.3, 0.4) is 0 Å². The number of benzene rings is 1. The van der Waals surface area contributed by atoms with Gasteiger partial charge in [-0.2, -0.15) is 0 Å². The van der Waals surface area contributed by atoms with Crippen molar-refractivity contribution in [1.29, 1.82) is 0 Å². The van der Waals surface area contributed by atoms with Gasteiger partial charge < -0.3 is 21.1 Å². The lowest BCUT2D eigenvalue weighted by atomic mass is 10.1. The van der Waals surface area contributed by atoms with Crippen LogP contribution in [-0.4, -0.2) is 30.3 Å². The zero-order chi connectivity index (χ0) is 17.8. The molecule has 130 valence electrons. The van der Waals surface area contributed by atoms with Crippen LogP contribution in [0.1, 0.15) is 38.8 Å². The van der Waals surface area contributed by atoms with Gasteiger partial charge in [-0.1, -0.05) is 15.9 Å². The average molecular weight is 386 g/mol. The van der Waals surface area contributed by atoms with E-state index in [1.165, 1.54) is 0 Å². The van der Waals surface area contributed by atoms with Gasteiger partial charge in [0, 0.05) is 16.7 Å². The summed E-state index contributed by atoms with van der Waals surface area (Å²) in [7, 11) is 0. The van der Waals surface area contributed by atoms with E-state index in [-0.39, 0.29) is 12.1 Å². The monoisotopic (exact) mass is 385 g/mol. The van der Waals surface area contributed by atoms with E-state index in [2.05, 4.69) is 38.7 Å².